The second kappa shape index (κ2) is 6.01. The molecule has 0 N–H and O–H groups in total. The number of hydrogen-bond donors (Lipinski definition) is 0. The summed E-state index contributed by atoms with van der Waals surface area (Å²) in [7, 11) is 0. The molecule has 2 nitrogen and oxygen atoms in total. The van der Waals surface area contributed by atoms with Crippen LogP contribution < -0.4 is 4.74 Å². The molecule has 0 fully saturated rings. The van der Waals surface area contributed by atoms with Crippen molar-refractivity contribution in [3.63, 3.8) is 0 Å². The van der Waals surface area contributed by atoms with E-state index in [1.807, 2.05) is 42.7 Å². The van der Waals surface area contributed by atoms with Crippen molar-refractivity contribution in [3.8, 4) is 5.75 Å². The normalized spacial score (nSPS) is 11.3. The van der Waals surface area contributed by atoms with Gasteiger partial charge in [0, 0.05) is 16.5 Å². The molecule has 0 amide bonds. The summed E-state index contributed by atoms with van der Waals surface area (Å²) in [6, 6.07) is 14.5. The molecule has 2 aromatic carbocycles. The van der Waals surface area contributed by atoms with E-state index in [1.54, 1.807) is 18.2 Å². The molecule has 0 aliphatic heterocycles. The number of rotatable bonds is 4. The first kappa shape index (κ1) is 14.9. The zero-order valence-electron chi connectivity index (χ0n) is 12.5. The molecule has 3 aromatic rings. The molecular formula is C18H17ClFNO. The standard InChI is InChI=1S/C18H17ClFNO/c1-12(2)21-15(9-13-5-3-8-17(20)18(13)21)11-22-16-7-4-6-14(19)10-16/h3-10,12H,11H2,1-2H3. The number of halogens is 2. The van der Waals surface area contributed by atoms with Crippen molar-refractivity contribution in [2.24, 2.45) is 0 Å². The maximum atomic E-state index is 14.2. The molecule has 1 aromatic heterocycles. The maximum Gasteiger partial charge on any atom is 0.147 e. The fraction of sp³-hybridized carbons (Fsp3) is 0.222. The largest absolute Gasteiger partial charge is 0.487 e. The third-order valence-corrected chi connectivity index (χ3v) is 3.82. The topological polar surface area (TPSA) is 14.2 Å². The fourth-order valence-corrected chi connectivity index (χ4v) is 2.89. The number of nitrogens with zero attached hydrogens (tertiary/aromatic N) is 1. The van der Waals surface area contributed by atoms with Gasteiger partial charge in [0.25, 0.3) is 0 Å². The van der Waals surface area contributed by atoms with Gasteiger partial charge in [-0.1, -0.05) is 29.8 Å². The monoisotopic (exact) mass is 317 g/mol. The van der Waals surface area contributed by atoms with Crippen LogP contribution in [-0.2, 0) is 6.61 Å². The lowest BCUT2D eigenvalue weighted by Crippen LogP contribution is -2.09. The van der Waals surface area contributed by atoms with Gasteiger partial charge in [-0.05, 0) is 44.2 Å². The highest BCUT2D eigenvalue weighted by molar-refractivity contribution is 6.30. The van der Waals surface area contributed by atoms with Gasteiger partial charge in [0.2, 0.25) is 0 Å². The molecule has 22 heavy (non-hydrogen) atoms. The van der Waals surface area contributed by atoms with Gasteiger partial charge >= 0.3 is 0 Å². The number of benzene rings is 2. The van der Waals surface area contributed by atoms with Crippen LogP contribution in [0.4, 0.5) is 4.39 Å². The number of para-hydroxylation sites is 1. The summed E-state index contributed by atoms with van der Waals surface area (Å²) in [6.07, 6.45) is 0. The Hall–Kier alpha value is -2.00. The van der Waals surface area contributed by atoms with E-state index < -0.39 is 0 Å². The highest BCUT2D eigenvalue weighted by Gasteiger charge is 2.15. The predicted octanol–water partition coefficient (Wildman–Crippen LogP) is 5.59. The zero-order valence-corrected chi connectivity index (χ0v) is 13.3. The lowest BCUT2D eigenvalue weighted by atomic mass is 10.2. The smallest absolute Gasteiger partial charge is 0.147 e. The second-order valence-electron chi connectivity index (χ2n) is 5.52. The summed E-state index contributed by atoms with van der Waals surface area (Å²) in [6.45, 7) is 4.44. The molecule has 0 saturated heterocycles. The van der Waals surface area contributed by atoms with Crippen molar-refractivity contribution >= 4 is 22.5 Å². The molecule has 0 spiro atoms. The number of aromatic nitrogens is 1. The van der Waals surface area contributed by atoms with E-state index >= 15 is 0 Å². The van der Waals surface area contributed by atoms with Crippen molar-refractivity contribution in [3.05, 3.63) is 65.1 Å². The molecule has 0 atom stereocenters. The van der Waals surface area contributed by atoms with Crippen LogP contribution in [-0.4, -0.2) is 4.57 Å². The van der Waals surface area contributed by atoms with Crippen LogP contribution in [0.5, 0.6) is 5.75 Å². The Morgan fingerprint density at radius 3 is 2.64 bits per heavy atom. The summed E-state index contributed by atoms with van der Waals surface area (Å²) in [4.78, 5) is 0. The van der Waals surface area contributed by atoms with Gasteiger partial charge in [-0.15, -0.1) is 0 Å². The Morgan fingerprint density at radius 1 is 1.14 bits per heavy atom. The van der Waals surface area contributed by atoms with Crippen molar-refractivity contribution in [2.45, 2.75) is 26.5 Å². The molecule has 3 rings (SSSR count). The summed E-state index contributed by atoms with van der Waals surface area (Å²) in [5, 5.41) is 1.52. The first-order chi connectivity index (χ1) is 10.6. The molecule has 0 radical (unpaired) electrons. The third kappa shape index (κ3) is 2.81. The molecule has 1 heterocycles. The Labute approximate surface area is 134 Å². The number of ether oxygens (including phenoxy) is 1. The SMILES string of the molecule is CC(C)n1c(COc2cccc(Cl)c2)cc2cccc(F)c21. The van der Waals surface area contributed by atoms with Crippen molar-refractivity contribution < 1.29 is 9.13 Å². The molecule has 0 aliphatic rings. The molecular weight excluding hydrogens is 301 g/mol. The second-order valence-corrected chi connectivity index (χ2v) is 5.96. The van der Waals surface area contributed by atoms with Gasteiger partial charge in [-0.25, -0.2) is 4.39 Å². The van der Waals surface area contributed by atoms with E-state index in [2.05, 4.69) is 0 Å². The molecule has 0 aliphatic carbocycles. The average Bonchev–Trinajstić information content (AvgIpc) is 2.85. The minimum atomic E-state index is -0.208. The quantitative estimate of drug-likeness (QED) is 0.611. The summed E-state index contributed by atoms with van der Waals surface area (Å²) in [5.41, 5.74) is 1.57. The lowest BCUT2D eigenvalue weighted by Gasteiger charge is -2.15. The Balaban J connectivity index is 1.96. The highest BCUT2D eigenvalue weighted by atomic mass is 35.5. The predicted molar refractivity (Wildman–Crippen MR) is 88.1 cm³/mol. The van der Waals surface area contributed by atoms with Crippen molar-refractivity contribution in [1.82, 2.24) is 4.57 Å². The van der Waals surface area contributed by atoms with Crippen molar-refractivity contribution in [1.29, 1.82) is 0 Å². The van der Waals surface area contributed by atoms with Gasteiger partial charge < -0.3 is 9.30 Å². The zero-order chi connectivity index (χ0) is 15.7. The third-order valence-electron chi connectivity index (χ3n) is 3.59. The van der Waals surface area contributed by atoms with E-state index in [4.69, 9.17) is 16.3 Å². The van der Waals surface area contributed by atoms with Crippen LogP contribution in [0.3, 0.4) is 0 Å². The Bertz CT molecular complexity index is 810. The Morgan fingerprint density at radius 2 is 1.91 bits per heavy atom. The van der Waals surface area contributed by atoms with Gasteiger partial charge in [0.1, 0.15) is 18.2 Å². The number of hydrogen-bond acceptors (Lipinski definition) is 1. The minimum absolute atomic E-state index is 0.146. The molecule has 0 bridgehead atoms. The van der Waals surface area contributed by atoms with Crippen LogP contribution in [0.2, 0.25) is 5.02 Å². The first-order valence-electron chi connectivity index (χ1n) is 7.23. The van der Waals surface area contributed by atoms with Crippen LogP contribution >= 0.6 is 11.6 Å². The van der Waals surface area contributed by atoms with Gasteiger partial charge in [0.15, 0.2) is 0 Å². The van der Waals surface area contributed by atoms with E-state index in [1.165, 1.54) is 6.07 Å². The summed E-state index contributed by atoms with van der Waals surface area (Å²) in [5.74, 6) is 0.494. The molecule has 0 unspecified atom stereocenters. The van der Waals surface area contributed by atoms with Gasteiger partial charge in [-0.3, -0.25) is 0 Å². The fourth-order valence-electron chi connectivity index (χ4n) is 2.71. The lowest BCUT2D eigenvalue weighted by molar-refractivity contribution is 0.293. The molecule has 114 valence electrons. The van der Waals surface area contributed by atoms with Gasteiger partial charge in [0.05, 0.1) is 11.2 Å². The van der Waals surface area contributed by atoms with Crippen LogP contribution in [0, 0.1) is 5.82 Å². The van der Waals surface area contributed by atoms with E-state index in [0.717, 1.165) is 11.1 Å². The van der Waals surface area contributed by atoms with Crippen LogP contribution in [0.25, 0.3) is 10.9 Å². The maximum absolute atomic E-state index is 14.2. The van der Waals surface area contributed by atoms with Crippen LogP contribution in [0.15, 0.2) is 48.5 Å². The molecule has 4 heteroatoms. The van der Waals surface area contributed by atoms with Gasteiger partial charge in [-0.2, -0.15) is 0 Å². The van der Waals surface area contributed by atoms with E-state index in [-0.39, 0.29) is 11.9 Å². The summed E-state index contributed by atoms with van der Waals surface area (Å²) >= 11 is 5.96. The minimum Gasteiger partial charge on any atom is -0.487 e. The van der Waals surface area contributed by atoms with Crippen LogP contribution in [0.1, 0.15) is 25.6 Å². The first-order valence-corrected chi connectivity index (χ1v) is 7.61. The number of fused-ring (bicyclic) bond motifs is 1. The molecule has 0 saturated carbocycles. The Kier molecular flexibility index (Phi) is 4.08. The highest BCUT2D eigenvalue weighted by Crippen LogP contribution is 2.27. The van der Waals surface area contributed by atoms with E-state index in [0.29, 0.717) is 22.9 Å². The summed E-state index contributed by atoms with van der Waals surface area (Å²) < 4.78 is 21.9. The van der Waals surface area contributed by atoms with Crippen molar-refractivity contribution in [2.75, 3.05) is 0 Å². The van der Waals surface area contributed by atoms with E-state index in [9.17, 15) is 4.39 Å². The average molecular weight is 318 g/mol.